The quantitative estimate of drug-likeness (QED) is 0.181. The van der Waals surface area contributed by atoms with Gasteiger partial charge in [-0.2, -0.15) is 0 Å². The number of rotatable bonds is 13. The van der Waals surface area contributed by atoms with Crippen LogP contribution in [0.5, 0.6) is 0 Å². The van der Waals surface area contributed by atoms with Crippen LogP contribution in [0.2, 0.25) is 0 Å². The first kappa shape index (κ1) is 40.0. The lowest BCUT2D eigenvalue weighted by atomic mass is 9.70. The molecule has 0 aromatic heterocycles. The summed E-state index contributed by atoms with van der Waals surface area (Å²) in [6, 6.07) is -2.35. The first-order valence-electron chi connectivity index (χ1n) is 20.7. The number of nitrogens with zero attached hydrogens (tertiary/aromatic N) is 1. The molecule has 0 aromatic carbocycles. The number of allylic oxidation sites excluding steroid dienone is 1. The third-order valence-electron chi connectivity index (χ3n) is 14.0. The molecule has 4 N–H and O–H groups in total. The van der Waals surface area contributed by atoms with Gasteiger partial charge in [-0.1, -0.05) is 78.2 Å². The van der Waals surface area contributed by atoms with E-state index in [4.69, 9.17) is 0 Å². The lowest BCUT2D eigenvalue weighted by molar-refractivity contribution is -0.145. The average Bonchev–Trinajstić information content (AvgIpc) is 4.03. The van der Waals surface area contributed by atoms with Crippen molar-refractivity contribution in [1.82, 2.24) is 26.2 Å². The number of likely N-dealkylation sites (tertiary alicyclic amines) is 1. The van der Waals surface area contributed by atoms with Crippen LogP contribution in [-0.4, -0.2) is 83.8 Å². The number of amides is 5. The number of sulfone groups is 1. The molecule has 0 spiro atoms. The van der Waals surface area contributed by atoms with Gasteiger partial charge in [-0.25, -0.2) is 13.2 Å². The number of hydrogen-bond donors (Lipinski definition) is 4. The Morgan fingerprint density at radius 3 is 2.02 bits per heavy atom. The van der Waals surface area contributed by atoms with Gasteiger partial charge >= 0.3 is 6.03 Å². The minimum atomic E-state index is -3.54. The van der Waals surface area contributed by atoms with Gasteiger partial charge in [0.05, 0.1) is 22.1 Å². The van der Waals surface area contributed by atoms with E-state index in [2.05, 4.69) is 42.0 Å². The molecule has 0 aromatic rings. The zero-order chi connectivity index (χ0) is 38.6. The number of carbonyl (C=O) groups is 4. The summed E-state index contributed by atoms with van der Waals surface area (Å²) in [5.74, 6) is -0.158. The Morgan fingerprint density at radius 2 is 1.47 bits per heavy atom. The fourth-order valence-electron chi connectivity index (χ4n) is 9.88. The molecule has 1 aliphatic heterocycles. The Balaban J connectivity index is 1.25. The lowest BCUT2D eigenvalue weighted by Gasteiger charge is -2.44. The lowest BCUT2D eigenvalue weighted by Crippen LogP contribution is -2.65. The van der Waals surface area contributed by atoms with Crippen LogP contribution in [0.3, 0.4) is 0 Å². The van der Waals surface area contributed by atoms with Crippen molar-refractivity contribution < 1.29 is 27.6 Å². The van der Waals surface area contributed by atoms with Gasteiger partial charge in [0, 0.05) is 18.2 Å². The molecule has 1 saturated heterocycles. The summed E-state index contributed by atoms with van der Waals surface area (Å²) in [6.45, 7) is 13.8. The molecular weight excluding hydrogens is 691 g/mol. The summed E-state index contributed by atoms with van der Waals surface area (Å²) in [7, 11) is -3.54. The summed E-state index contributed by atoms with van der Waals surface area (Å²) in [6.07, 6.45) is 14.9. The summed E-state index contributed by atoms with van der Waals surface area (Å²) >= 11 is 0. The van der Waals surface area contributed by atoms with Gasteiger partial charge in [0.15, 0.2) is 9.84 Å². The first-order chi connectivity index (χ1) is 24.8. The van der Waals surface area contributed by atoms with Crippen molar-refractivity contribution in [1.29, 1.82) is 0 Å². The second-order valence-corrected chi connectivity index (χ2v) is 22.3. The van der Waals surface area contributed by atoms with Crippen molar-refractivity contribution in [3.05, 3.63) is 11.6 Å². The highest BCUT2D eigenvalue weighted by Gasteiger charge is 2.70. The highest BCUT2D eigenvalue weighted by molar-refractivity contribution is 7.92. The Morgan fingerprint density at radius 1 is 0.868 bits per heavy atom. The standard InChI is InChI=1S/C41H67N5O6S/c1-8-28(34(47)42-27-17-18-27)30(23-26-15-16-26)43-35(48)32-31-29(39(31,5)6)24-46(32)36(49)33(40(7)19-11-9-12-20-40)44-37(50)45-41(21-13-10-14-22-41)25-53(51,52)38(2,3)4/h8,26-27,29-33H,9-25H2,1-7H3,(H,42,47)(H,43,48)(H2,44,45,50)/t29-,30?,31-,32-,33+/m0/s1. The zero-order valence-electron chi connectivity index (χ0n) is 33.4. The van der Waals surface area contributed by atoms with Crippen molar-refractivity contribution in [3.8, 4) is 0 Å². The maximum Gasteiger partial charge on any atom is 0.315 e. The Labute approximate surface area is 318 Å². The van der Waals surface area contributed by atoms with E-state index in [0.29, 0.717) is 37.3 Å². The largest absolute Gasteiger partial charge is 0.350 e. The van der Waals surface area contributed by atoms with Crippen LogP contribution in [0.4, 0.5) is 4.79 Å². The van der Waals surface area contributed by atoms with Crippen LogP contribution in [0.1, 0.15) is 145 Å². The predicted octanol–water partition coefficient (Wildman–Crippen LogP) is 5.53. The van der Waals surface area contributed by atoms with Crippen molar-refractivity contribution in [2.75, 3.05) is 12.3 Å². The Kier molecular flexibility index (Phi) is 11.2. The third kappa shape index (κ3) is 8.62. The maximum absolute atomic E-state index is 15.0. The van der Waals surface area contributed by atoms with E-state index in [-0.39, 0.29) is 46.8 Å². The molecule has 0 radical (unpaired) electrons. The minimum absolute atomic E-state index is 0.0240. The van der Waals surface area contributed by atoms with E-state index in [1.165, 1.54) is 0 Å². The molecule has 1 heterocycles. The number of hydrogen-bond acceptors (Lipinski definition) is 6. The van der Waals surface area contributed by atoms with E-state index in [9.17, 15) is 22.8 Å². The number of urea groups is 1. The molecule has 6 rings (SSSR count). The van der Waals surface area contributed by atoms with E-state index in [0.717, 1.165) is 77.0 Å². The van der Waals surface area contributed by atoms with Crippen molar-refractivity contribution >= 4 is 33.6 Å². The monoisotopic (exact) mass is 757 g/mol. The average molecular weight is 758 g/mol. The van der Waals surface area contributed by atoms with Crippen molar-refractivity contribution in [3.63, 3.8) is 0 Å². The van der Waals surface area contributed by atoms with Gasteiger partial charge in [-0.3, -0.25) is 14.4 Å². The van der Waals surface area contributed by atoms with Gasteiger partial charge in [-0.15, -0.1) is 0 Å². The number of nitrogens with one attached hydrogen (secondary N) is 4. The number of piperidine rings is 1. The molecule has 1 unspecified atom stereocenters. The highest BCUT2D eigenvalue weighted by atomic mass is 32.2. The fourth-order valence-corrected chi connectivity index (χ4v) is 11.4. The highest BCUT2D eigenvalue weighted by Crippen LogP contribution is 2.65. The van der Waals surface area contributed by atoms with Crippen molar-refractivity contribution in [2.24, 2.45) is 28.6 Å². The molecule has 5 atom stereocenters. The van der Waals surface area contributed by atoms with E-state index < -0.39 is 49.7 Å². The van der Waals surface area contributed by atoms with E-state index in [1.54, 1.807) is 25.7 Å². The predicted molar refractivity (Wildman–Crippen MR) is 206 cm³/mol. The topological polar surface area (TPSA) is 154 Å². The van der Waals surface area contributed by atoms with Gasteiger partial charge < -0.3 is 26.2 Å². The summed E-state index contributed by atoms with van der Waals surface area (Å²) < 4.78 is 26.0. The van der Waals surface area contributed by atoms with E-state index >= 15 is 4.79 Å². The smallest absolute Gasteiger partial charge is 0.315 e. The fraction of sp³-hybridized carbons (Fsp3) is 0.854. The molecule has 53 heavy (non-hydrogen) atoms. The minimum Gasteiger partial charge on any atom is -0.350 e. The molecule has 12 heteroatoms. The van der Waals surface area contributed by atoms with Crippen LogP contribution in [0, 0.1) is 28.6 Å². The zero-order valence-corrected chi connectivity index (χ0v) is 34.3. The molecule has 0 bridgehead atoms. The molecule has 298 valence electrons. The second-order valence-electron chi connectivity index (χ2n) is 19.6. The number of carbonyl (C=O) groups excluding carboxylic acids is 4. The second kappa shape index (κ2) is 14.8. The van der Waals surface area contributed by atoms with Gasteiger partial charge in [0.1, 0.15) is 12.1 Å². The van der Waals surface area contributed by atoms with E-state index in [1.807, 2.05) is 13.0 Å². The molecule has 6 aliphatic rings. The molecular formula is C41H67N5O6S. The van der Waals surface area contributed by atoms with Crippen molar-refractivity contribution in [2.45, 2.75) is 179 Å². The molecule has 5 amide bonds. The summed E-state index contributed by atoms with van der Waals surface area (Å²) in [4.78, 5) is 58.8. The molecule has 11 nitrogen and oxygen atoms in total. The van der Waals surface area contributed by atoms with Crippen LogP contribution in [-0.2, 0) is 24.2 Å². The van der Waals surface area contributed by atoms with Gasteiger partial charge in [0.25, 0.3) is 0 Å². The maximum atomic E-state index is 15.0. The molecule has 5 aliphatic carbocycles. The Bertz CT molecular complexity index is 1560. The number of fused-ring (bicyclic) bond motifs is 1. The van der Waals surface area contributed by atoms with Crippen LogP contribution in [0.25, 0.3) is 0 Å². The van der Waals surface area contributed by atoms with Gasteiger partial charge in [-0.05, 0) is 101 Å². The SMILES string of the molecule is CC=C(C(=O)NC1CC1)C(CC1CC1)NC(=O)[C@@H]1[C@@H]2[C@H](CN1C(=O)[C@@H](NC(=O)NC1(CS(=O)(=O)C(C)(C)C)CCCCC1)C1(C)CCCCC1)C2(C)C. The third-order valence-corrected chi connectivity index (χ3v) is 16.8. The Hall–Kier alpha value is -2.63. The van der Waals surface area contributed by atoms with Gasteiger partial charge in [0.2, 0.25) is 17.7 Å². The first-order valence-corrected chi connectivity index (χ1v) is 22.3. The summed E-state index contributed by atoms with van der Waals surface area (Å²) in [5.41, 5.74) is -0.973. The van der Waals surface area contributed by atoms with Crippen LogP contribution >= 0.6 is 0 Å². The van der Waals surface area contributed by atoms with Crippen LogP contribution in [0.15, 0.2) is 11.6 Å². The van der Waals surface area contributed by atoms with Crippen LogP contribution < -0.4 is 21.3 Å². The molecule has 6 fully saturated rings. The molecule has 5 saturated carbocycles. The normalized spacial score (nSPS) is 28.9. The summed E-state index contributed by atoms with van der Waals surface area (Å²) in [5, 5.41) is 12.6.